The van der Waals surface area contributed by atoms with Crippen molar-refractivity contribution in [3.8, 4) is 5.75 Å². The van der Waals surface area contributed by atoms with Crippen LogP contribution in [0.1, 0.15) is 17.2 Å². The number of morpholine rings is 1. The Morgan fingerprint density at radius 1 is 1.24 bits per heavy atom. The van der Waals surface area contributed by atoms with E-state index in [0.717, 1.165) is 11.8 Å². The van der Waals surface area contributed by atoms with Crippen molar-refractivity contribution >= 4 is 21.6 Å². The highest BCUT2D eigenvalue weighted by atomic mass is 32.2. The average Bonchev–Trinajstić information content (AvgIpc) is 2.69. The van der Waals surface area contributed by atoms with Gasteiger partial charge >= 0.3 is 0 Å². The van der Waals surface area contributed by atoms with Gasteiger partial charge in [0.15, 0.2) is 0 Å². The van der Waals surface area contributed by atoms with E-state index in [9.17, 15) is 18.3 Å². The van der Waals surface area contributed by atoms with Crippen LogP contribution in [-0.2, 0) is 26.1 Å². The van der Waals surface area contributed by atoms with Crippen molar-refractivity contribution < 1.29 is 27.8 Å². The first-order valence-electron chi connectivity index (χ1n) is 9.03. The van der Waals surface area contributed by atoms with Crippen LogP contribution in [0.15, 0.2) is 48.5 Å². The van der Waals surface area contributed by atoms with E-state index >= 15 is 0 Å². The number of carbonyl (C=O) groups excluding carboxylic acids is 1. The molecule has 2 atom stereocenters. The maximum atomic E-state index is 12.5. The lowest BCUT2D eigenvalue weighted by atomic mass is 9.99. The van der Waals surface area contributed by atoms with Crippen molar-refractivity contribution in [2.45, 2.75) is 18.7 Å². The molecule has 29 heavy (non-hydrogen) atoms. The summed E-state index contributed by atoms with van der Waals surface area (Å²) in [5.74, 6) is 0.442. The van der Waals surface area contributed by atoms with Gasteiger partial charge in [-0.05, 0) is 23.8 Å². The van der Waals surface area contributed by atoms with E-state index in [1.807, 2.05) is 24.3 Å². The molecule has 0 aromatic heterocycles. The van der Waals surface area contributed by atoms with E-state index in [1.165, 1.54) is 0 Å². The third-order valence-electron chi connectivity index (χ3n) is 4.69. The molecule has 1 saturated heterocycles. The van der Waals surface area contributed by atoms with Gasteiger partial charge in [0.1, 0.15) is 18.5 Å². The molecule has 2 aromatic rings. The highest BCUT2D eigenvalue weighted by Gasteiger charge is 2.35. The SMILES string of the molecule is COc1ccccc1CN1C(=O)COCC1C(O)c1ccc(NS(C)(=O)=O)cc1. The summed E-state index contributed by atoms with van der Waals surface area (Å²) in [6.07, 6.45) is 0.0671. The average molecular weight is 420 g/mol. The Balaban J connectivity index is 1.81. The molecule has 2 N–H and O–H groups in total. The Kier molecular flexibility index (Phi) is 6.41. The molecule has 0 aliphatic carbocycles. The van der Waals surface area contributed by atoms with Crippen LogP contribution in [0.4, 0.5) is 5.69 Å². The smallest absolute Gasteiger partial charge is 0.249 e. The number of nitrogens with zero attached hydrogens (tertiary/aromatic N) is 1. The van der Waals surface area contributed by atoms with Gasteiger partial charge in [0.05, 0.1) is 26.0 Å². The Morgan fingerprint density at radius 2 is 1.93 bits per heavy atom. The van der Waals surface area contributed by atoms with Gasteiger partial charge in [-0.15, -0.1) is 0 Å². The van der Waals surface area contributed by atoms with Gasteiger partial charge < -0.3 is 19.5 Å². The summed E-state index contributed by atoms with van der Waals surface area (Å²) < 4.78 is 35.8. The third-order valence-corrected chi connectivity index (χ3v) is 5.29. The maximum absolute atomic E-state index is 12.5. The number of sulfonamides is 1. The number of rotatable bonds is 7. The number of aliphatic hydroxyl groups is 1. The van der Waals surface area contributed by atoms with Gasteiger partial charge in [0.2, 0.25) is 15.9 Å². The fraction of sp³-hybridized carbons (Fsp3) is 0.350. The molecule has 0 radical (unpaired) electrons. The number of methoxy groups -OCH3 is 1. The zero-order valence-corrected chi connectivity index (χ0v) is 17.1. The Bertz CT molecular complexity index is 961. The monoisotopic (exact) mass is 420 g/mol. The van der Waals surface area contributed by atoms with Gasteiger partial charge in [-0.25, -0.2) is 8.42 Å². The lowest BCUT2D eigenvalue weighted by molar-refractivity contribution is -0.155. The summed E-state index contributed by atoms with van der Waals surface area (Å²) in [6.45, 7) is 0.419. The van der Waals surface area contributed by atoms with Gasteiger partial charge in [-0.2, -0.15) is 0 Å². The molecule has 0 spiro atoms. The largest absolute Gasteiger partial charge is 0.496 e. The molecule has 1 heterocycles. The van der Waals surface area contributed by atoms with Crippen molar-refractivity contribution in [3.63, 3.8) is 0 Å². The number of hydrogen-bond donors (Lipinski definition) is 2. The van der Waals surface area contributed by atoms with Crippen LogP contribution >= 0.6 is 0 Å². The molecule has 9 heteroatoms. The molecular formula is C20H24N2O6S. The normalized spacial score (nSPS) is 18.4. The number of nitrogens with one attached hydrogen (secondary N) is 1. The minimum absolute atomic E-state index is 0.0460. The Morgan fingerprint density at radius 3 is 2.59 bits per heavy atom. The Labute approximate surface area is 170 Å². The highest BCUT2D eigenvalue weighted by molar-refractivity contribution is 7.92. The molecule has 1 aliphatic rings. The zero-order chi connectivity index (χ0) is 21.0. The zero-order valence-electron chi connectivity index (χ0n) is 16.2. The minimum atomic E-state index is -3.39. The standard InChI is InChI=1S/C20H24N2O6S/c1-27-18-6-4-3-5-15(18)11-22-17(12-28-13-19(22)23)20(24)14-7-9-16(10-8-14)21-29(2,25)26/h3-10,17,20-21,24H,11-13H2,1-2H3. The summed E-state index contributed by atoms with van der Waals surface area (Å²) >= 11 is 0. The number of anilines is 1. The number of para-hydroxylation sites is 1. The summed E-state index contributed by atoms with van der Waals surface area (Å²) in [6, 6.07) is 13.2. The number of carbonyl (C=O) groups is 1. The first-order valence-corrected chi connectivity index (χ1v) is 10.9. The van der Waals surface area contributed by atoms with Crippen molar-refractivity contribution in [2.75, 3.05) is 31.3 Å². The van der Waals surface area contributed by atoms with Crippen LogP contribution in [-0.4, -0.2) is 57.0 Å². The van der Waals surface area contributed by atoms with Gasteiger partial charge in [-0.3, -0.25) is 9.52 Å². The maximum Gasteiger partial charge on any atom is 0.249 e. The number of benzene rings is 2. The molecule has 1 fully saturated rings. The van der Waals surface area contributed by atoms with Crippen LogP contribution in [0.25, 0.3) is 0 Å². The molecular weight excluding hydrogens is 396 g/mol. The second-order valence-electron chi connectivity index (χ2n) is 6.86. The first-order chi connectivity index (χ1) is 13.8. The second kappa shape index (κ2) is 8.81. The van der Waals surface area contributed by atoms with Gasteiger partial charge in [0, 0.05) is 17.8 Å². The quantitative estimate of drug-likeness (QED) is 0.704. The lowest BCUT2D eigenvalue weighted by Gasteiger charge is -2.38. The predicted octanol–water partition coefficient (Wildman–Crippen LogP) is 1.53. The summed E-state index contributed by atoms with van der Waals surface area (Å²) in [5.41, 5.74) is 1.78. The Hall–Kier alpha value is -2.62. The van der Waals surface area contributed by atoms with Crippen LogP contribution in [0, 0.1) is 0 Å². The van der Waals surface area contributed by atoms with Crippen LogP contribution < -0.4 is 9.46 Å². The van der Waals surface area contributed by atoms with E-state index < -0.39 is 22.2 Å². The fourth-order valence-corrected chi connectivity index (χ4v) is 3.86. The molecule has 2 aromatic carbocycles. The molecule has 8 nitrogen and oxygen atoms in total. The van der Waals surface area contributed by atoms with Crippen molar-refractivity contribution in [3.05, 3.63) is 59.7 Å². The van der Waals surface area contributed by atoms with Crippen molar-refractivity contribution in [2.24, 2.45) is 0 Å². The summed E-state index contributed by atoms with van der Waals surface area (Å²) in [4.78, 5) is 14.1. The minimum Gasteiger partial charge on any atom is -0.496 e. The molecule has 2 unspecified atom stereocenters. The third kappa shape index (κ3) is 5.26. The summed E-state index contributed by atoms with van der Waals surface area (Å²) in [7, 11) is -1.82. The van der Waals surface area contributed by atoms with E-state index in [4.69, 9.17) is 9.47 Å². The van der Waals surface area contributed by atoms with Crippen LogP contribution in [0.5, 0.6) is 5.75 Å². The molecule has 0 bridgehead atoms. The molecule has 0 saturated carbocycles. The number of ether oxygens (including phenoxy) is 2. The molecule has 3 rings (SSSR count). The number of hydrogen-bond acceptors (Lipinski definition) is 6. The molecule has 1 amide bonds. The number of aliphatic hydroxyl groups excluding tert-OH is 1. The first kappa shape index (κ1) is 21.1. The highest BCUT2D eigenvalue weighted by Crippen LogP contribution is 2.28. The predicted molar refractivity (Wildman–Crippen MR) is 108 cm³/mol. The lowest BCUT2D eigenvalue weighted by Crippen LogP contribution is -2.51. The topological polar surface area (TPSA) is 105 Å². The fourth-order valence-electron chi connectivity index (χ4n) is 3.29. The van der Waals surface area contributed by atoms with Crippen molar-refractivity contribution in [1.82, 2.24) is 4.90 Å². The summed E-state index contributed by atoms with van der Waals surface area (Å²) in [5, 5.41) is 10.9. The van der Waals surface area contributed by atoms with E-state index in [-0.39, 0.29) is 25.7 Å². The van der Waals surface area contributed by atoms with E-state index in [1.54, 1.807) is 36.3 Å². The second-order valence-corrected chi connectivity index (χ2v) is 8.61. The van der Waals surface area contributed by atoms with Crippen LogP contribution in [0.3, 0.4) is 0 Å². The molecule has 1 aliphatic heterocycles. The number of amides is 1. The molecule has 156 valence electrons. The van der Waals surface area contributed by atoms with Crippen molar-refractivity contribution in [1.29, 1.82) is 0 Å². The van der Waals surface area contributed by atoms with Crippen LogP contribution in [0.2, 0.25) is 0 Å². The van der Waals surface area contributed by atoms with Gasteiger partial charge in [-0.1, -0.05) is 30.3 Å². The van der Waals surface area contributed by atoms with E-state index in [2.05, 4.69) is 4.72 Å². The van der Waals surface area contributed by atoms with Gasteiger partial charge in [0.25, 0.3) is 0 Å². The van der Waals surface area contributed by atoms with E-state index in [0.29, 0.717) is 17.0 Å².